The lowest BCUT2D eigenvalue weighted by atomic mass is 10.1. The van der Waals surface area contributed by atoms with Crippen molar-refractivity contribution in [3.8, 4) is 0 Å². The fourth-order valence-electron chi connectivity index (χ4n) is 1.84. The van der Waals surface area contributed by atoms with E-state index in [1.54, 1.807) is 18.4 Å². The molecule has 120 valence electrons. The maximum atomic E-state index is 5.56. The minimum Gasteiger partial charge on any atom is -0.381 e. The Morgan fingerprint density at radius 2 is 2.14 bits per heavy atom. The standard InChI is InChI=1S/C16H29N3OS/c1-13(2)11-20-8-5-7-18-16(17-4)19-10-14(3)15-6-9-21-12-15/h6,9,12-14H,5,7-8,10-11H2,1-4H3,(H2,17,18,19). The summed E-state index contributed by atoms with van der Waals surface area (Å²) in [7, 11) is 1.81. The third kappa shape index (κ3) is 8.07. The lowest BCUT2D eigenvalue weighted by Gasteiger charge is -2.15. The highest BCUT2D eigenvalue weighted by Crippen LogP contribution is 2.16. The van der Waals surface area contributed by atoms with Gasteiger partial charge in [-0.2, -0.15) is 11.3 Å². The van der Waals surface area contributed by atoms with Crippen molar-refractivity contribution in [3.05, 3.63) is 22.4 Å². The van der Waals surface area contributed by atoms with Gasteiger partial charge in [-0.05, 0) is 40.6 Å². The Labute approximate surface area is 133 Å². The molecule has 2 N–H and O–H groups in total. The Bertz CT molecular complexity index is 390. The Hall–Kier alpha value is -1.07. The average Bonchev–Trinajstić information content (AvgIpc) is 2.99. The fraction of sp³-hybridized carbons (Fsp3) is 0.688. The molecule has 0 saturated carbocycles. The highest BCUT2D eigenvalue weighted by atomic mass is 32.1. The summed E-state index contributed by atoms with van der Waals surface area (Å²) < 4.78 is 5.56. The molecule has 0 aliphatic heterocycles. The van der Waals surface area contributed by atoms with E-state index in [2.05, 4.69) is 53.2 Å². The van der Waals surface area contributed by atoms with Gasteiger partial charge in [0, 0.05) is 33.4 Å². The first-order chi connectivity index (χ1) is 10.1. The van der Waals surface area contributed by atoms with E-state index >= 15 is 0 Å². The first kappa shape index (κ1) is 18.0. The number of guanidine groups is 1. The van der Waals surface area contributed by atoms with Gasteiger partial charge < -0.3 is 15.4 Å². The van der Waals surface area contributed by atoms with Gasteiger partial charge in [0.15, 0.2) is 5.96 Å². The summed E-state index contributed by atoms with van der Waals surface area (Å²) in [5.41, 5.74) is 1.38. The van der Waals surface area contributed by atoms with Crippen LogP contribution < -0.4 is 10.6 Å². The molecule has 0 bridgehead atoms. The van der Waals surface area contributed by atoms with Crippen molar-refractivity contribution >= 4 is 17.3 Å². The SMILES string of the molecule is CN=C(NCCCOCC(C)C)NCC(C)c1ccsc1. The molecule has 1 atom stereocenters. The second-order valence-corrected chi connectivity index (χ2v) is 6.44. The molecule has 5 heteroatoms. The fourth-order valence-corrected chi connectivity index (χ4v) is 2.63. The Morgan fingerprint density at radius 1 is 1.33 bits per heavy atom. The number of nitrogens with one attached hydrogen (secondary N) is 2. The lowest BCUT2D eigenvalue weighted by molar-refractivity contribution is 0.108. The third-order valence-electron chi connectivity index (χ3n) is 3.12. The molecule has 0 aliphatic carbocycles. The van der Waals surface area contributed by atoms with Crippen molar-refractivity contribution in [1.29, 1.82) is 0 Å². The predicted octanol–water partition coefficient (Wildman–Crippen LogP) is 3.08. The normalized spacial score (nSPS) is 13.5. The van der Waals surface area contributed by atoms with Gasteiger partial charge in [0.25, 0.3) is 0 Å². The van der Waals surface area contributed by atoms with Crippen LogP contribution in [0, 0.1) is 5.92 Å². The summed E-state index contributed by atoms with van der Waals surface area (Å²) in [5, 5.41) is 11.0. The van der Waals surface area contributed by atoms with Gasteiger partial charge in [-0.15, -0.1) is 0 Å². The molecule has 21 heavy (non-hydrogen) atoms. The van der Waals surface area contributed by atoms with Crippen molar-refractivity contribution in [3.63, 3.8) is 0 Å². The van der Waals surface area contributed by atoms with Gasteiger partial charge in [0.2, 0.25) is 0 Å². The van der Waals surface area contributed by atoms with Crippen molar-refractivity contribution in [2.75, 3.05) is 33.4 Å². The minimum atomic E-state index is 0.490. The number of ether oxygens (including phenoxy) is 1. The maximum Gasteiger partial charge on any atom is 0.190 e. The summed E-state index contributed by atoms with van der Waals surface area (Å²) in [6.45, 7) is 9.96. The second-order valence-electron chi connectivity index (χ2n) is 5.66. The lowest BCUT2D eigenvalue weighted by Crippen LogP contribution is -2.39. The van der Waals surface area contributed by atoms with Crippen LogP contribution in [0.1, 0.15) is 38.7 Å². The van der Waals surface area contributed by atoms with Crippen LogP contribution in [-0.4, -0.2) is 39.3 Å². The monoisotopic (exact) mass is 311 g/mol. The molecule has 0 aromatic carbocycles. The van der Waals surface area contributed by atoms with E-state index in [0.29, 0.717) is 11.8 Å². The van der Waals surface area contributed by atoms with Crippen LogP contribution in [0.25, 0.3) is 0 Å². The minimum absolute atomic E-state index is 0.490. The molecule has 0 amide bonds. The zero-order chi connectivity index (χ0) is 15.5. The van der Waals surface area contributed by atoms with Gasteiger partial charge in [0.1, 0.15) is 0 Å². The molecule has 0 radical (unpaired) electrons. The number of hydrogen-bond acceptors (Lipinski definition) is 3. The van der Waals surface area contributed by atoms with Gasteiger partial charge in [-0.1, -0.05) is 20.8 Å². The zero-order valence-electron chi connectivity index (χ0n) is 13.7. The van der Waals surface area contributed by atoms with Crippen molar-refractivity contribution in [2.45, 2.75) is 33.1 Å². The summed E-state index contributed by atoms with van der Waals surface area (Å²) in [4.78, 5) is 4.24. The quantitative estimate of drug-likeness (QED) is 0.418. The van der Waals surface area contributed by atoms with Crippen LogP contribution in [0.4, 0.5) is 0 Å². The van der Waals surface area contributed by atoms with E-state index in [-0.39, 0.29) is 0 Å². The van der Waals surface area contributed by atoms with Crippen LogP contribution >= 0.6 is 11.3 Å². The van der Waals surface area contributed by atoms with E-state index in [1.807, 2.05) is 0 Å². The van der Waals surface area contributed by atoms with Crippen molar-refractivity contribution in [2.24, 2.45) is 10.9 Å². The molecule has 0 spiro atoms. The molecule has 1 heterocycles. The Kier molecular flexibility index (Phi) is 9.10. The molecule has 0 fully saturated rings. The third-order valence-corrected chi connectivity index (χ3v) is 3.82. The summed E-state index contributed by atoms with van der Waals surface area (Å²) in [6.07, 6.45) is 0.994. The van der Waals surface area contributed by atoms with Gasteiger partial charge in [-0.25, -0.2) is 0 Å². The van der Waals surface area contributed by atoms with E-state index in [1.165, 1.54) is 5.56 Å². The largest absolute Gasteiger partial charge is 0.381 e. The molecule has 0 saturated heterocycles. The second kappa shape index (κ2) is 10.6. The molecule has 1 aromatic rings. The van der Waals surface area contributed by atoms with Gasteiger partial charge in [-0.3, -0.25) is 4.99 Å². The average molecular weight is 311 g/mol. The van der Waals surface area contributed by atoms with E-state index in [0.717, 1.165) is 38.7 Å². The van der Waals surface area contributed by atoms with E-state index < -0.39 is 0 Å². The maximum absolute atomic E-state index is 5.56. The number of rotatable bonds is 9. The number of hydrogen-bond donors (Lipinski definition) is 2. The first-order valence-corrected chi connectivity index (χ1v) is 8.62. The van der Waals surface area contributed by atoms with Gasteiger partial charge >= 0.3 is 0 Å². The summed E-state index contributed by atoms with van der Waals surface area (Å²) >= 11 is 1.74. The number of aliphatic imine (C=N–C) groups is 1. The topological polar surface area (TPSA) is 45.7 Å². The molecule has 1 aromatic heterocycles. The Morgan fingerprint density at radius 3 is 2.76 bits per heavy atom. The predicted molar refractivity (Wildman–Crippen MR) is 92.4 cm³/mol. The van der Waals surface area contributed by atoms with Crippen molar-refractivity contribution < 1.29 is 4.74 Å². The van der Waals surface area contributed by atoms with Gasteiger partial charge in [0.05, 0.1) is 0 Å². The van der Waals surface area contributed by atoms with Crippen LogP contribution in [0.3, 0.4) is 0 Å². The zero-order valence-corrected chi connectivity index (χ0v) is 14.5. The van der Waals surface area contributed by atoms with Crippen LogP contribution in [0.15, 0.2) is 21.8 Å². The Balaban J connectivity index is 2.12. The molecular weight excluding hydrogens is 282 g/mol. The number of thiophene rings is 1. The van der Waals surface area contributed by atoms with E-state index in [4.69, 9.17) is 4.74 Å². The van der Waals surface area contributed by atoms with Crippen LogP contribution in [0.5, 0.6) is 0 Å². The highest BCUT2D eigenvalue weighted by molar-refractivity contribution is 7.07. The molecule has 1 rings (SSSR count). The van der Waals surface area contributed by atoms with E-state index in [9.17, 15) is 0 Å². The smallest absolute Gasteiger partial charge is 0.190 e. The summed E-state index contributed by atoms with van der Waals surface area (Å²) in [6, 6.07) is 2.18. The van der Waals surface area contributed by atoms with Crippen LogP contribution in [0.2, 0.25) is 0 Å². The van der Waals surface area contributed by atoms with Crippen LogP contribution in [-0.2, 0) is 4.74 Å². The number of nitrogens with zero attached hydrogens (tertiary/aromatic N) is 1. The molecule has 4 nitrogen and oxygen atoms in total. The molecule has 0 aliphatic rings. The molecular formula is C16H29N3OS. The summed E-state index contributed by atoms with van der Waals surface area (Å²) in [5.74, 6) is 1.95. The van der Waals surface area contributed by atoms with Crippen molar-refractivity contribution in [1.82, 2.24) is 10.6 Å². The highest BCUT2D eigenvalue weighted by Gasteiger charge is 2.06. The molecule has 1 unspecified atom stereocenters. The first-order valence-electron chi connectivity index (χ1n) is 7.67.